The molecule has 0 radical (unpaired) electrons. The monoisotopic (exact) mass is 297 g/mol. The van der Waals surface area contributed by atoms with Crippen LogP contribution in [0.5, 0.6) is 0 Å². The van der Waals surface area contributed by atoms with E-state index in [0.29, 0.717) is 0 Å². The maximum Gasteiger partial charge on any atom is 0.209 e. The minimum atomic E-state index is -1.30. The zero-order chi connectivity index (χ0) is 15.3. The molecule has 2 unspecified atom stereocenters. The van der Waals surface area contributed by atoms with Gasteiger partial charge in [-0.1, -0.05) is 0 Å². The van der Waals surface area contributed by atoms with Crippen LogP contribution in [-0.4, -0.2) is 67.5 Å². The molecule has 114 valence electrons. The van der Waals surface area contributed by atoms with Gasteiger partial charge in [0.15, 0.2) is 17.7 Å². The first-order valence-corrected chi connectivity index (χ1v) is 6.28. The summed E-state index contributed by atoms with van der Waals surface area (Å²) in [7, 11) is 0. The molecule has 1 aromatic rings. The second-order valence-electron chi connectivity index (χ2n) is 4.93. The highest BCUT2D eigenvalue weighted by Gasteiger charge is 2.45. The Kier molecular flexibility index (Phi) is 3.26. The van der Waals surface area contributed by atoms with Crippen molar-refractivity contribution in [3.8, 4) is 0 Å². The largest absolute Gasteiger partial charge is 0.394 e. The molecule has 1 saturated heterocycles. The number of ketones is 1. The van der Waals surface area contributed by atoms with E-state index in [4.69, 9.17) is 21.3 Å². The first-order valence-electron chi connectivity index (χ1n) is 6.28. The Morgan fingerprint density at radius 3 is 2.71 bits per heavy atom. The van der Waals surface area contributed by atoms with Crippen LogP contribution in [0.2, 0.25) is 0 Å². The van der Waals surface area contributed by atoms with Crippen LogP contribution >= 0.6 is 0 Å². The molecule has 0 saturated carbocycles. The SMILES string of the molecule is NC1=Nc2c(ncn2[C@@H]2O[C@H](CO)[C@H](O)C2O)C(=O)C1N. The van der Waals surface area contributed by atoms with Crippen LogP contribution in [0.25, 0.3) is 0 Å². The van der Waals surface area contributed by atoms with Crippen LogP contribution in [-0.2, 0) is 4.74 Å². The minimum Gasteiger partial charge on any atom is -0.394 e. The third kappa shape index (κ3) is 1.96. The Balaban J connectivity index is 2.01. The van der Waals surface area contributed by atoms with E-state index < -0.39 is 43.0 Å². The number of amidine groups is 1. The first-order chi connectivity index (χ1) is 9.95. The van der Waals surface area contributed by atoms with Crippen molar-refractivity contribution in [2.75, 3.05) is 6.61 Å². The molecule has 10 heteroatoms. The Morgan fingerprint density at radius 1 is 1.38 bits per heavy atom. The van der Waals surface area contributed by atoms with Crippen molar-refractivity contribution in [3.63, 3.8) is 0 Å². The topological polar surface area (TPSA) is 169 Å². The molecule has 0 aliphatic carbocycles. The summed E-state index contributed by atoms with van der Waals surface area (Å²) in [6.07, 6.45) is -3.29. The van der Waals surface area contributed by atoms with Gasteiger partial charge in [-0.05, 0) is 0 Å². The number of hydrogen-bond acceptors (Lipinski definition) is 9. The summed E-state index contributed by atoms with van der Waals surface area (Å²) in [5.74, 6) is -0.446. The highest BCUT2D eigenvalue weighted by atomic mass is 16.6. The number of ether oxygens (including phenoxy) is 1. The molecule has 1 aromatic heterocycles. The second kappa shape index (κ2) is 4.86. The zero-order valence-electron chi connectivity index (χ0n) is 10.8. The third-order valence-electron chi connectivity index (χ3n) is 3.63. The number of carbonyl (C=O) groups excluding carboxylic acids is 1. The molecule has 21 heavy (non-hydrogen) atoms. The number of aliphatic imine (C=N–C) groups is 1. The average molecular weight is 297 g/mol. The smallest absolute Gasteiger partial charge is 0.209 e. The van der Waals surface area contributed by atoms with E-state index in [2.05, 4.69) is 9.98 Å². The van der Waals surface area contributed by atoms with Crippen molar-refractivity contribution in [1.82, 2.24) is 9.55 Å². The molecule has 10 nitrogen and oxygen atoms in total. The Hall–Kier alpha value is -1.85. The van der Waals surface area contributed by atoms with Crippen molar-refractivity contribution in [2.24, 2.45) is 16.5 Å². The summed E-state index contributed by atoms with van der Waals surface area (Å²) in [6.45, 7) is -0.458. The van der Waals surface area contributed by atoms with Crippen molar-refractivity contribution in [3.05, 3.63) is 12.0 Å². The van der Waals surface area contributed by atoms with Gasteiger partial charge in [-0.3, -0.25) is 9.36 Å². The van der Waals surface area contributed by atoms with Crippen LogP contribution in [0.4, 0.5) is 5.82 Å². The number of aromatic nitrogens is 2. The fraction of sp³-hybridized carbons (Fsp3) is 0.545. The molecule has 2 aliphatic rings. The van der Waals surface area contributed by atoms with Gasteiger partial charge in [-0.2, -0.15) is 0 Å². The maximum atomic E-state index is 12.0. The van der Waals surface area contributed by atoms with Gasteiger partial charge in [-0.25, -0.2) is 9.98 Å². The molecule has 0 bridgehead atoms. The van der Waals surface area contributed by atoms with Gasteiger partial charge in [0.05, 0.1) is 12.9 Å². The van der Waals surface area contributed by atoms with Crippen molar-refractivity contribution < 1.29 is 24.9 Å². The minimum absolute atomic E-state index is 0.0226. The molecule has 1 fully saturated rings. The van der Waals surface area contributed by atoms with E-state index >= 15 is 0 Å². The molecule has 7 N–H and O–H groups in total. The highest BCUT2D eigenvalue weighted by Crippen LogP contribution is 2.35. The number of aliphatic hydroxyl groups excluding tert-OH is 3. The summed E-state index contributed by atoms with van der Waals surface area (Å²) in [5.41, 5.74) is 11.2. The number of fused-ring (bicyclic) bond motifs is 1. The normalized spacial score (nSPS) is 35.7. The number of nitrogens with zero attached hydrogens (tertiary/aromatic N) is 3. The predicted molar refractivity (Wildman–Crippen MR) is 68.8 cm³/mol. The number of hydrogen-bond donors (Lipinski definition) is 5. The highest BCUT2D eigenvalue weighted by molar-refractivity contribution is 6.18. The Labute approximate surface area is 118 Å². The number of rotatable bonds is 2. The van der Waals surface area contributed by atoms with Gasteiger partial charge >= 0.3 is 0 Å². The van der Waals surface area contributed by atoms with E-state index in [1.54, 1.807) is 0 Å². The maximum absolute atomic E-state index is 12.0. The molecule has 3 rings (SSSR count). The van der Waals surface area contributed by atoms with Gasteiger partial charge < -0.3 is 31.5 Å². The van der Waals surface area contributed by atoms with Gasteiger partial charge in [0.2, 0.25) is 5.78 Å². The van der Waals surface area contributed by atoms with Crippen LogP contribution in [0.15, 0.2) is 11.3 Å². The molecule has 0 aromatic carbocycles. The lowest BCUT2D eigenvalue weighted by atomic mass is 10.1. The fourth-order valence-electron chi connectivity index (χ4n) is 2.41. The molecular weight excluding hydrogens is 282 g/mol. The summed E-state index contributed by atoms with van der Waals surface area (Å²) in [4.78, 5) is 19.9. The Morgan fingerprint density at radius 2 is 2.10 bits per heavy atom. The predicted octanol–water partition coefficient (Wildman–Crippen LogP) is -2.99. The van der Waals surface area contributed by atoms with Crippen LogP contribution in [0.1, 0.15) is 16.7 Å². The number of imidazole rings is 1. The standard InChI is InChI=1S/C11H15N5O5/c12-4-7(19)5-10(15-9(4)13)16(2-14-5)11-8(20)6(18)3(1-17)21-11/h2-4,6,8,11,17-18,20H,1,12H2,(H2,13,15)/t3-,4?,6+,8?,11-/m1/s1. The molecule has 0 spiro atoms. The van der Waals surface area contributed by atoms with E-state index in [1.807, 2.05) is 0 Å². The third-order valence-corrected chi connectivity index (χ3v) is 3.63. The Bertz CT molecular complexity index is 614. The summed E-state index contributed by atoms with van der Waals surface area (Å²) >= 11 is 0. The molecule has 5 atom stereocenters. The van der Waals surface area contributed by atoms with E-state index in [-0.39, 0.29) is 17.3 Å². The van der Waals surface area contributed by atoms with Crippen molar-refractivity contribution in [2.45, 2.75) is 30.6 Å². The van der Waals surface area contributed by atoms with Gasteiger partial charge in [0.1, 0.15) is 30.2 Å². The molecule has 0 amide bonds. The van der Waals surface area contributed by atoms with Gasteiger partial charge in [0, 0.05) is 0 Å². The number of nitrogens with two attached hydrogens (primary N) is 2. The number of aliphatic hydroxyl groups is 3. The van der Waals surface area contributed by atoms with Crippen LogP contribution in [0, 0.1) is 0 Å². The van der Waals surface area contributed by atoms with Gasteiger partial charge in [-0.15, -0.1) is 0 Å². The second-order valence-corrected chi connectivity index (χ2v) is 4.93. The lowest BCUT2D eigenvalue weighted by molar-refractivity contribution is -0.0520. The number of Topliss-reactive ketones (excluding diaryl/α,β-unsaturated/α-hetero) is 1. The van der Waals surface area contributed by atoms with Crippen LogP contribution < -0.4 is 11.5 Å². The van der Waals surface area contributed by atoms with Crippen molar-refractivity contribution >= 4 is 17.4 Å². The van der Waals surface area contributed by atoms with E-state index in [0.717, 1.165) is 0 Å². The van der Waals surface area contributed by atoms with Crippen LogP contribution in [0.3, 0.4) is 0 Å². The average Bonchev–Trinajstić information content (AvgIpc) is 2.99. The van der Waals surface area contributed by atoms with Crippen molar-refractivity contribution in [1.29, 1.82) is 0 Å². The van der Waals surface area contributed by atoms with E-state index in [1.165, 1.54) is 10.9 Å². The summed E-state index contributed by atoms with van der Waals surface area (Å²) in [6, 6.07) is -1.05. The zero-order valence-corrected chi connectivity index (χ0v) is 10.8. The fourth-order valence-corrected chi connectivity index (χ4v) is 2.41. The first kappa shape index (κ1) is 14.1. The van der Waals surface area contributed by atoms with Gasteiger partial charge in [0.25, 0.3) is 0 Å². The number of carbonyl (C=O) groups is 1. The molecule has 2 aliphatic heterocycles. The molecule has 3 heterocycles. The van der Waals surface area contributed by atoms with E-state index in [9.17, 15) is 15.0 Å². The lowest BCUT2D eigenvalue weighted by Gasteiger charge is -2.20. The molecular formula is C11H15N5O5. The summed E-state index contributed by atoms with van der Waals surface area (Å²) in [5, 5.41) is 28.8. The lowest BCUT2D eigenvalue weighted by Crippen LogP contribution is -2.45. The summed E-state index contributed by atoms with van der Waals surface area (Å²) < 4.78 is 6.65. The quantitative estimate of drug-likeness (QED) is 0.384.